The van der Waals surface area contributed by atoms with E-state index in [-0.39, 0.29) is 11.3 Å². The molecular formula is C18H22N4O3. The van der Waals surface area contributed by atoms with Crippen molar-refractivity contribution in [3.8, 4) is 0 Å². The molecule has 7 heteroatoms. The number of aromatic nitrogens is 3. The van der Waals surface area contributed by atoms with E-state index >= 15 is 0 Å². The summed E-state index contributed by atoms with van der Waals surface area (Å²) >= 11 is 0. The number of hydrogen-bond acceptors (Lipinski definition) is 6. The summed E-state index contributed by atoms with van der Waals surface area (Å²) in [5.74, 6) is 3.16. The Morgan fingerprint density at radius 2 is 2.04 bits per heavy atom. The highest BCUT2D eigenvalue weighted by molar-refractivity contribution is 5.92. The Morgan fingerprint density at radius 1 is 1.20 bits per heavy atom. The van der Waals surface area contributed by atoms with Crippen LogP contribution in [0.5, 0.6) is 0 Å². The molecule has 1 aliphatic heterocycles. The molecule has 2 aliphatic carbocycles. The van der Waals surface area contributed by atoms with Crippen LogP contribution < -0.4 is 0 Å². The number of amides is 1. The second-order valence-corrected chi connectivity index (χ2v) is 7.80. The minimum Gasteiger partial charge on any atom is -0.436 e. The fourth-order valence-electron chi connectivity index (χ4n) is 4.60. The van der Waals surface area contributed by atoms with Crippen molar-refractivity contribution >= 4 is 5.91 Å². The average molecular weight is 342 g/mol. The molecule has 1 saturated heterocycles. The molecule has 0 aromatic carbocycles. The van der Waals surface area contributed by atoms with Crippen LogP contribution in [0.1, 0.15) is 71.9 Å². The first-order valence-electron chi connectivity index (χ1n) is 9.14. The first-order valence-corrected chi connectivity index (χ1v) is 9.14. The van der Waals surface area contributed by atoms with Gasteiger partial charge in [0.15, 0.2) is 5.89 Å². The van der Waals surface area contributed by atoms with Gasteiger partial charge in [-0.3, -0.25) is 4.79 Å². The molecule has 0 spiro atoms. The van der Waals surface area contributed by atoms with Crippen molar-refractivity contribution in [1.29, 1.82) is 0 Å². The molecule has 3 heterocycles. The highest BCUT2D eigenvalue weighted by atomic mass is 16.4. The van der Waals surface area contributed by atoms with Crippen LogP contribution in [0.4, 0.5) is 0 Å². The Kier molecular flexibility index (Phi) is 3.12. The lowest BCUT2D eigenvalue weighted by Gasteiger charge is -2.24. The van der Waals surface area contributed by atoms with Gasteiger partial charge in [0.05, 0.1) is 11.1 Å². The van der Waals surface area contributed by atoms with Gasteiger partial charge in [-0.05, 0) is 38.5 Å². The van der Waals surface area contributed by atoms with Crippen molar-refractivity contribution < 1.29 is 13.6 Å². The molecule has 1 amide bonds. The number of rotatable bonds is 3. The lowest BCUT2D eigenvalue weighted by molar-refractivity contribution is 0.0741. The van der Waals surface area contributed by atoms with Gasteiger partial charge in [-0.25, -0.2) is 4.98 Å². The zero-order valence-corrected chi connectivity index (χ0v) is 14.6. The number of aryl methyl sites for hydroxylation is 2. The van der Waals surface area contributed by atoms with Crippen molar-refractivity contribution in [3.05, 3.63) is 29.1 Å². The van der Waals surface area contributed by atoms with Gasteiger partial charge in [0, 0.05) is 25.9 Å². The molecule has 3 fully saturated rings. The lowest BCUT2D eigenvalue weighted by Crippen LogP contribution is -2.35. The number of oxazole rings is 1. The van der Waals surface area contributed by atoms with Gasteiger partial charge in [0.1, 0.15) is 0 Å². The van der Waals surface area contributed by atoms with Crippen molar-refractivity contribution in [2.24, 2.45) is 5.92 Å². The number of likely N-dealkylation sites (tertiary alicyclic amines) is 1. The molecule has 2 aromatic heterocycles. The van der Waals surface area contributed by atoms with E-state index in [9.17, 15) is 4.79 Å². The highest BCUT2D eigenvalue weighted by Crippen LogP contribution is 2.51. The lowest BCUT2D eigenvalue weighted by atomic mass is 9.80. The molecule has 0 unspecified atom stereocenters. The molecule has 0 radical (unpaired) electrons. The molecular weight excluding hydrogens is 320 g/mol. The van der Waals surface area contributed by atoms with Gasteiger partial charge >= 0.3 is 0 Å². The van der Waals surface area contributed by atoms with Gasteiger partial charge in [-0.2, -0.15) is 0 Å². The molecule has 0 N–H and O–H groups in total. The first kappa shape index (κ1) is 15.1. The fourth-order valence-corrected chi connectivity index (χ4v) is 4.60. The van der Waals surface area contributed by atoms with Crippen LogP contribution in [0.15, 0.2) is 8.83 Å². The van der Waals surface area contributed by atoms with Gasteiger partial charge in [0.25, 0.3) is 5.91 Å². The molecule has 25 heavy (non-hydrogen) atoms. The largest absolute Gasteiger partial charge is 0.436 e. The standard InChI is InChI=1S/C18H22N4O3/c1-10-14(24-11(2)19-10)16(23)22-8-13-4-3-7-18(13,9-22)17-21-20-15(25-17)12-5-6-12/h12-13H,3-9H2,1-2H3/t13-,18-/m0/s1. The quantitative estimate of drug-likeness (QED) is 0.852. The number of carbonyl (C=O) groups excluding carboxylic acids is 1. The Morgan fingerprint density at radius 3 is 2.76 bits per heavy atom. The number of fused-ring (bicyclic) bond motifs is 1. The van der Waals surface area contributed by atoms with E-state index in [2.05, 4.69) is 15.2 Å². The van der Waals surface area contributed by atoms with Crippen LogP contribution >= 0.6 is 0 Å². The van der Waals surface area contributed by atoms with Gasteiger partial charge in [0.2, 0.25) is 17.5 Å². The number of carbonyl (C=O) groups is 1. The average Bonchev–Trinajstić information content (AvgIpc) is 2.94. The Balaban J connectivity index is 1.44. The van der Waals surface area contributed by atoms with Crippen LogP contribution in [0.2, 0.25) is 0 Å². The number of hydrogen-bond donors (Lipinski definition) is 0. The van der Waals surface area contributed by atoms with Crippen LogP contribution in [-0.2, 0) is 5.41 Å². The van der Waals surface area contributed by atoms with Gasteiger partial charge in [-0.1, -0.05) is 6.42 Å². The SMILES string of the molecule is Cc1nc(C)c(C(=O)N2C[C@@H]3CCC[C@]3(c3nnc(C4CC4)o3)C2)o1. The molecule has 0 bridgehead atoms. The smallest absolute Gasteiger partial charge is 0.291 e. The van der Waals surface area contributed by atoms with E-state index in [0.29, 0.717) is 35.7 Å². The monoisotopic (exact) mass is 342 g/mol. The fraction of sp³-hybridized carbons (Fsp3) is 0.667. The minimum absolute atomic E-state index is 0.0752. The van der Waals surface area contributed by atoms with Crippen molar-refractivity contribution in [1.82, 2.24) is 20.1 Å². The Labute approximate surface area is 145 Å². The van der Waals surface area contributed by atoms with E-state index in [1.165, 1.54) is 0 Å². The van der Waals surface area contributed by atoms with Crippen LogP contribution in [0, 0.1) is 19.8 Å². The normalized spacial score (nSPS) is 28.6. The summed E-state index contributed by atoms with van der Waals surface area (Å²) in [6.07, 6.45) is 5.54. The third-order valence-electron chi connectivity index (χ3n) is 6.05. The van der Waals surface area contributed by atoms with E-state index in [4.69, 9.17) is 8.83 Å². The van der Waals surface area contributed by atoms with Crippen molar-refractivity contribution in [3.63, 3.8) is 0 Å². The van der Waals surface area contributed by atoms with E-state index in [0.717, 1.165) is 50.4 Å². The van der Waals surface area contributed by atoms with Crippen molar-refractivity contribution in [2.45, 2.75) is 57.3 Å². The zero-order valence-electron chi connectivity index (χ0n) is 14.6. The zero-order chi connectivity index (χ0) is 17.2. The first-order chi connectivity index (χ1) is 12.1. The highest BCUT2D eigenvalue weighted by Gasteiger charge is 2.55. The summed E-state index contributed by atoms with van der Waals surface area (Å²) in [5, 5.41) is 8.67. The van der Waals surface area contributed by atoms with E-state index < -0.39 is 0 Å². The molecule has 2 saturated carbocycles. The van der Waals surface area contributed by atoms with Crippen LogP contribution in [0.25, 0.3) is 0 Å². The third kappa shape index (κ3) is 2.24. The van der Waals surface area contributed by atoms with E-state index in [1.807, 2.05) is 11.8 Å². The Bertz CT molecular complexity index is 837. The maximum Gasteiger partial charge on any atom is 0.291 e. The summed E-state index contributed by atoms with van der Waals surface area (Å²) in [7, 11) is 0. The second kappa shape index (κ2) is 5.16. The minimum atomic E-state index is -0.182. The summed E-state index contributed by atoms with van der Waals surface area (Å²) in [5.41, 5.74) is 0.473. The molecule has 5 rings (SSSR count). The summed E-state index contributed by atoms with van der Waals surface area (Å²) in [6, 6.07) is 0. The predicted octanol–water partition coefficient (Wildman–Crippen LogP) is 2.75. The van der Waals surface area contributed by atoms with Crippen LogP contribution in [0.3, 0.4) is 0 Å². The van der Waals surface area contributed by atoms with Crippen molar-refractivity contribution in [2.75, 3.05) is 13.1 Å². The summed E-state index contributed by atoms with van der Waals surface area (Å²) < 4.78 is 11.6. The maximum atomic E-state index is 12.9. The molecule has 2 aromatic rings. The predicted molar refractivity (Wildman–Crippen MR) is 87.2 cm³/mol. The van der Waals surface area contributed by atoms with Gasteiger partial charge < -0.3 is 13.7 Å². The molecule has 3 aliphatic rings. The summed E-state index contributed by atoms with van der Waals surface area (Å²) in [6.45, 7) is 4.93. The molecule has 132 valence electrons. The summed E-state index contributed by atoms with van der Waals surface area (Å²) in [4.78, 5) is 19.0. The van der Waals surface area contributed by atoms with Crippen LogP contribution in [-0.4, -0.2) is 39.1 Å². The van der Waals surface area contributed by atoms with Gasteiger partial charge in [-0.15, -0.1) is 10.2 Å². The maximum absolute atomic E-state index is 12.9. The topological polar surface area (TPSA) is 85.3 Å². The molecule has 2 atom stereocenters. The second-order valence-electron chi connectivity index (χ2n) is 7.80. The molecule has 7 nitrogen and oxygen atoms in total. The third-order valence-corrected chi connectivity index (χ3v) is 6.05. The Hall–Kier alpha value is -2.18. The van der Waals surface area contributed by atoms with E-state index in [1.54, 1.807) is 6.92 Å². The number of nitrogens with zero attached hydrogens (tertiary/aromatic N) is 4.